The third-order valence-corrected chi connectivity index (χ3v) is 3.67. The average Bonchev–Trinajstić information content (AvgIpc) is 2.42. The summed E-state index contributed by atoms with van der Waals surface area (Å²) in [6, 6.07) is 0. The zero-order chi connectivity index (χ0) is 10.1. The lowest BCUT2D eigenvalue weighted by Gasteiger charge is -2.30. The van der Waals surface area contributed by atoms with Crippen molar-refractivity contribution in [1.29, 1.82) is 0 Å². The highest BCUT2D eigenvalue weighted by Crippen LogP contribution is 2.45. The normalized spacial score (nSPS) is 41.0. The van der Waals surface area contributed by atoms with Gasteiger partial charge in [-0.15, -0.1) is 0 Å². The molecule has 0 spiro atoms. The molecule has 80 valence electrons. The SMILES string of the molecule is CCOC(=O)C1CC2CCC(C1)C2O. The molecule has 0 radical (unpaired) electrons. The molecule has 3 nitrogen and oxygen atoms in total. The minimum absolute atomic E-state index is 0.0517. The van der Waals surface area contributed by atoms with Crippen LogP contribution in [0.15, 0.2) is 0 Å². The molecule has 0 heterocycles. The number of carbonyl (C=O) groups is 1. The first kappa shape index (κ1) is 9.97. The van der Waals surface area contributed by atoms with Crippen molar-refractivity contribution in [3.8, 4) is 0 Å². The second-order valence-electron chi connectivity index (χ2n) is 4.51. The summed E-state index contributed by atoms with van der Waals surface area (Å²) in [7, 11) is 0. The van der Waals surface area contributed by atoms with Crippen molar-refractivity contribution in [3.63, 3.8) is 0 Å². The van der Waals surface area contributed by atoms with Crippen LogP contribution in [0.5, 0.6) is 0 Å². The second-order valence-corrected chi connectivity index (χ2v) is 4.51. The smallest absolute Gasteiger partial charge is 0.308 e. The number of hydrogen-bond donors (Lipinski definition) is 1. The first-order valence-electron chi connectivity index (χ1n) is 5.57. The third kappa shape index (κ3) is 1.65. The lowest BCUT2D eigenvalue weighted by Crippen LogP contribution is -2.34. The standard InChI is InChI=1S/C11H18O3/c1-2-14-11(13)9-5-7-3-4-8(6-9)10(7)12/h7-10,12H,2-6H2,1H3. The molecule has 0 aromatic heterocycles. The number of carbonyl (C=O) groups excluding carboxylic acids is 1. The minimum atomic E-state index is -0.152. The molecule has 2 saturated carbocycles. The quantitative estimate of drug-likeness (QED) is 0.681. The summed E-state index contributed by atoms with van der Waals surface area (Å²) < 4.78 is 5.02. The third-order valence-electron chi connectivity index (χ3n) is 3.67. The first-order valence-corrected chi connectivity index (χ1v) is 5.57. The molecule has 2 rings (SSSR count). The van der Waals surface area contributed by atoms with Crippen molar-refractivity contribution >= 4 is 5.97 Å². The van der Waals surface area contributed by atoms with E-state index in [0.29, 0.717) is 18.4 Å². The molecule has 0 amide bonds. The van der Waals surface area contributed by atoms with Gasteiger partial charge < -0.3 is 9.84 Å². The van der Waals surface area contributed by atoms with E-state index in [1.54, 1.807) is 0 Å². The lowest BCUT2D eigenvalue weighted by atomic mass is 9.79. The number of fused-ring (bicyclic) bond motifs is 2. The van der Waals surface area contributed by atoms with Crippen LogP contribution in [0.1, 0.15) is 32.6 Å². The zero-order valence-electron chi connectivity index (χ0n) is 8.61. The molecule has 1 N–H and O–H groups in total. The Bertz CT molecular complexity index is 213. The predicted molar refractivity (Wildman–Crippen MR) is 51.6 cm³/mol. The Balaban J connectivity index is 1.95. The van der Waals surface area contributed by atoms with Gasteiger partial charge in [0.05, 0.1) is 18.6 Å². The summed E-state index contributed by atoms with van der Waals surface area (Å²) in [4.78, 5) is 11.5. The maximum absolute atomic E-state index is 11.5. The van der Waals surface area contributed by atoms with E-state index < -0.39 is 0 Å². The zero-order valence-corrected chi connectivity index (χ0v) is 8.61. The van der Waals surface area contributed by atoms with E-state index in [-0.39, 0.29) is 18.0 Å². The Labute approximate surface area is 84.4 Å². The average molecular weight is 198 g/mol. The Morgan fingerprint density at radius 3 is 2.43 bits per heavy atom. The Kier molecular flexibility index (Phi) is 2.77. The molecule has 2 atom stereocenters. The van der Waals surface area contributed by atoms with Crippen LogP contribution in [0.2, 0.25) is 0 Å². The fourth-order valence-corrected chi connectivity index (χ4v) is 2.95. The summed E-state index contributed by atoms with van der Waals surface area (Å²) in [6.07, 6.45) is 3.68. The van der Waals surface area contributed by atoms with Gasteiger partial charge >= 0.3 is 5.97 Å². The fraction of sp³-hybridized carbons (Fsp3) is 0.909. The number of hydrogen-bond acceptors (Lipinski definition) is 3. The summed E-state index contributed by atoms with van der Waals surface area (Å²) in [5.74, 6) is 0.693. The first-order chi connectivity index (χ1) is 6.72. The van der Waals surface area contributed by atoms with Gasteiger partial charge in [0, 0.05) is 0 Å². The highest BCUT2D eigenvalue weighted by Gasteiger charge is 2.44. The second kappa shape index (κ2) is 3.89. The van der Waals surface area contributed by atoms with Gasteiger partial charge in [-0.1, -0.05) is 0 Å². The molecule has 2 fully saturated rings. The molecule has 2 aliphatic rings. The summed E-state index contributed by atoms with van der Waals surface area (Å²) in [5.41, 5.74) is 0. The van der Waals surface area contributed by atoms with Crippen LogP contribution in [-0.4, -0.2) is 23.8 Å². The van der Waals surface area contributed by atoms with Gasteiger partial charge in [0.1, 0.15) is 0 Å². The topological polar surface area (TPSA) is 46.5 Å². The molecule has 0 saturated heterocycles. The predicted octanol–water partition coefficient (Wildman–Crippen LogP) is 1.35. The lowest BCUT2D eigenvalue weighted by molar-refractivity contribution is -0.151. The Morgan fingerprint density at radius 1 is 1.36 bits per heavy atom. The van der Waals surface area contributed by atoms with Crippen LogP contribution < -0.4 is 0 Å². The molecule has 0 aliphatic heterocycles. The monoisotopic (exact) mass is 198 g/mol. The number of aliphatic hydroxyl groups is 1. The largest absolute Gasteiger partial charge is 0.466 e. The molecule has 0 aromatic rings. The van der Waals surface area contributed by atoms with E-state index in [1.165, 1.54) is 0 Å². The minimum Gasteiger partial charge on any atom is -0.466 e. The van der Waals surface area contributed by atoms with Crippen LogP contribution in [0.3, 0.4) is 0 Å². The molecular weight excluding hydrogens is 180 g/mol. The summed E-state index contributed by atoms with van der Waals surface area (Å²) in [6.45, 7) is 2.30. The molecule has 3 heteroatoms. The van der Waals surface area contributed by atoms with E-state index in [0.717, 1.165) is 25.7 Å². The number of esters is 1. The molecule has 2 aliphatic carbocycles. The van der Waals surface area contributed by atoms with Gasteiger partial charge in [-0.2, -0.15) is 0 Å². The van der Waals surface area contributed by atoms with Gasteiger partial charge in [0.25, 0.3) is 0 Å². The maximum atomic E-state index is 11.5. The van der Waals surface area contributed by atoms with Crippen LogP contribution >= 0.6 is 0 Å². The van der Waals surface area contributed by atoms with E-state index >= 15 is 0 Å². The Hall–Kier alpha value is -0.570. The molecule has 2 bridgehead atoms. The van der Waals surface area contributed by atoms with Gasteiger partial charge in [0.15, 0.2) is 0 Å². The molecular formula is C11H18O3. The van der Waals surface area contributed by atoms with Gasteiger partial charge in [0.2, 0.25) is 0 Å². The van der Waals surface area contributed by atoms with Crippen molar-refractivity contribution in [2.75, 3.05) is 6.61 Å². The number of ether oxygens (including phenoxy) is 1. The highest BCUT2D eigenvalue weighted by molar-refractivity contribution is 5.72. The van der Waals surface area contributed by atoms with Crippen LogP contribution in [0, 0.1) is 17.8 Å². The van der Waals surface area contributed by atoms with E-state index in [4.69, 9.17) is 4.74 Å². The fourth-order valence-electron chi connectivity index (χ4n) is 2.95. The van der Waals surface area contributed by atoms with Crippen molar-refractivity contribution < 1.29 is 14.6 Å². The van der Waals surface area contributed by atoms with E-state index in [2.05, 4.69) is 0 Å². The highest BCUT2D eigenvalue weighted by atomic mass is 16.5. The van der Waals surface area contributed by atoms with E-state index in [9.17, 15) is 9.90 Å². The van der Waals surface area contributed by atoms with Gasteiger partial charge in [-0.05, 0) is 44.4 Å². The summed E-state index contributed by atoms with van der Waals surface area (Å²) in [5, 5.41) is 9.79. The number of aliphatic hydroxyl groups excluding tert-OH is 1. The molecule has 0 aromatic carbocycles. The van der Waals surface area contributed by atoms with Gasteiger partial charge in [-0.25, -0.2) is 0 Å². The van der Waals surface area contributed by atoms with Gasteiger partial charge in [-0.3, -0.25) is 4.79 Å². The van der Waals surface area contributed by atoms with Crippen LogP contribution in [0.4, 0.5) is 0 Å². The number of rotatable bonds is 2. The van der Waals surface area contributed by atoms with Crippen molar-refractivity contribution in [2.45, 2.75) is 38.7 Å². The maximum Gasteiger partial charge on any atom is 0.308 e. The summed E-state index contributed by atoms with van der Waals surface area (Å²) >= 11 is 0. The van der Waals surface area contributed by atoms with Crippen LogP contribution in [-0.2, 0) is 9.53 Å². The Morgan fingerprint density at radius 2 is 1.93 bits per heavy atom. The molecule has 14 heavy (non-hydrogen) atoms. The van der Waals surface area contributed by atoms with Crippen LogP contribution in [0.25, 0.3) is 0 Å². The van der Waals surface area contributed by atoms with Crippen molar-refractivity contribution in [3.05, 3.63) is 0 Å². The van der Waals surface area contributed by atoms with Crippen molar-refractivity contribution in [1.82, 2.24) is 0 Å². The van der Waals surface area contributed by atoms with Crippen molar-refractivity contribution in [2.24, 2.45) is 17.8 Å². The molecule has 2 unspecified atom stereocenters. The van der Waals surface area contributed by atoms with E-state index in [1.807, 2.05) is 6.92 Å².